The minimum absolute atomic E-state index is 0.0391. The third-order valence-corrected chi connectivity index (χ3v) is 1.82. The van der Waals surface area contributed by atoms with E-state index in [1.165, 1.54) is 6.26 Å². The molecule has 5 heteroatoms. The van der Waals surface area contributed by atoms with Crippen LogP contribution in [0, 0.1) is 0 Å². The van der Waals surface area contributed by atoms with Gasteiger partial charge in [0.15, 0.2) is 0 Å². The van der Waals surface area contributed by atoms with Gasteiger partial charge in [0.05, 0.1) is 5.69 Å². The minimum Gasteiger partial charge on any atom is -0.467 e. The molecule has 76 valence electrons. The third-order valence-electron chi connectivity index (χ3n) is 1.82. The van der Waals surface area contributed by atoms with Gasteiger partial charge >= 0.3 is 6.03 Å². The lowest BCUT2D eigenvalue weighted by molar-refractivity contribution is 0.256. The van der Waals surface area contributed by atoms with Gasteiger partial charge in [0, 0.05) is 11.5 Å². The molecule has 4 nitrogen and oxygen atoms in total. The molecule has 0 saturated heterocycles. The summed E-state index contributed by atoms with van der Waals surface area (Å²) < 4.78 is 5.33. The van der Waals surface area contributed by atoms with Crippen LogP contribution in [0.3, 0.4) is 0 Å². The molecule has 1 aromatic rings. The normalized spacial score (nSPS) is 11.1. The Morgan fingerprint density at radius 1 is 1.50 bits per heavy atom. The first-order valence-electron chi connectivity index (χ1n) is 4.51. The summed E-state index contributed by atoms with van der Waals surface area (Å²) in [4.78, 5) is 11.0. The quantitative estimate of drug-likeness (QED) is 0.661. The minimum atomic E-state index is -0.244. The van der Waals surface area contributed by atoms with Crippen LogP contribution in [0.4, 0.5) is 10.5 Å². The van der Waals surface area contributed by atoms with E-state index in [1.807, 2.05) is 6.07 Å². The first kappa shape index (κ1) is 10.7. The largest absolute Gasteiger partial charge is 0.467 e. The molecule has 2 amide bonds. The van der Waals surface area contributed by atoms with E-state index in [1.54, 1.807) is 7.98 Å². The maximum Gasteiger partial charge on any atom is 0.306 e. The number of urea groups is 1. The summed E-state index contributed by atoms with van der Waals surface area (Å²) in [6.07, 6.45) is 1.54. The van der Waals surface area contributed by atoms with Crippen molar-refractivity contribution >= 4 is 19.7 Å². The highest BCUT2D eigenvalue weighted by molar-refractivity contribution is 6.16. The van der Waals surface area contributed by atoms with Gasteiger partial charge in [-0.3, -0.25) is 0 Å². The average Bonchev–Trinajstić information content (AvgIpc) is 2.51. The van der Waals surface area contributed by atoms with Crippen molar-refractivity contribution in [1.29, 1.82) is 0 Å². The van der Waals surface area contributed by atoms with Crippen molar-refractivity contribution in [3.8, 4) is 0 Å². The fourth-order valence-electron chi connectivity index (χ4n) is 0.989. The second-order valence-corrected chi connectivity index (χ2v) is 4.15. The Morgan fingerprint density at radius 2 is 2.14 bits per heavy atom. The van der Waals surface area contributed by atoms with Crippen molar-refractivity contribution in [2.24, 2.45) is 0 Å². The van der Waals surface area contributed by atoms with E-state index in [2.05, 4.69) is 31.3 Å². The number of anilines is 1. The maximum atomic E-state index is 11.0. The van der Waals surface area contributed by atoms with E-state index in [4.69, 9.17) is 4.42 Å². The SMILES string of the molecule is BNC(=O)Nc1coc(C(C)(C)C)c1. The van der Waals surface area contributed by atoms with Crippen LogP contribution in [0.15, 0.2) is 16.7 Å². The van der Waals surface area contributed by atoms with E-state index in [0.29, 0.717) is 5.69 Å². The fourth-order valence-corrected chi connectivity index (χ4v) is 0.989. The summed E-state index contributed by atoms with van der Waals surface area (Å²) in [5.41, 5.74) is 0.636. The van der Waals surface area contributed by atoms with E-state index in [-0.39, 0.29) is 11.4 Å². The molecule has 0 radical (unpaired) electrons. The Balaban J connectivity index is 2.74. The zero-order chi connectivity index (χ0) is 10.8. The second kappa shape index (κ2) is 3.78. The lowest BCUT2D eigenvalue weighted by atomic mass is 9.93. The molecule has 0 aliphatic carbocycles. The monoisotopic (exact) mass is 194 g/mol. The molecule has 0 aliphatic rings. The number of nitrogens with one attached hydrogen (secondary N) is 2. The van der Waals surface area contributed by atoms with Gasteiger partial charge in [-0.05, 0) is 0 Å². The number of furan rings is 1. The molecule has 2 N–H and O–H groups in total. The Hall–Kier alpha value is -1.39. The molecule has 0 saturated carbocycles. The predicted octanol–water partition coefficient (Wildman–Crippen LogP) is 1.25. The lowest BCUT2D eigenvalue weighted by Crippen LogP contribution is -2.25. The summed E-state index contributed by atoms with van der Waals surface area (Å²) in [5.74, 6) is 0.851. The van der Waals surface area contributed by atoms with E-state index in [9.17, 15) is 4.79 Å². The summed E-state index contributed by atoms with van der Waals surface area (Å²) in [7, 11) is 1.57. The third kappa shape index (κ3) is 2.55. The van der Waals surface area contributed by atoms with Crippen molar-refractivity contribution in [2.45, 2.75) is 26.2 Å². The molecule has 1 heterocycles. The average molecular weight is 194 g/mol. The number of rotatable bonds is 1. The summed E-state index contributed by atoms with van der Waals surface area (Å²) >= 11 is 0. The van der Waals surface area contributed by atoms with Crippen LogP contribution in [-0.4, -0.2) is 14.0 Å². The Kier molecular flexibility index (Phi) is 2.89. The van der Waals surface area contributed by atoms with Crippen molar-refractivity contribution in [3.05, 3.63) is 18.1 Å². The van der Waals surface area contributed by atoms with E-state index >= 15 is 0 Å². The van der Waals surface area contributed by atoms with Crippen molar-refractivity contribution in [2.75, 3.05) is 5.32 Å². The topological polar surface area (TPSA) is 54.3 Å². The van der Waals surface area contributed by atoms with Gasteiger partial charge in [0.25, 0.3) is 0 Å². The molecule has 0 fully saturated rings. The van der Waals surface area contributed by atoms with Gasteiger partial charge in [-0.25, -0.2) is 4.79 Å². The molecule has 1 aromatic heterocycles. The molecule has 0 bridgehead atoms. The molecule has 1 rings (SSSR count). The van der Waals surface area contributed by atoms with Crippen LogP contribution in [0.25, 0.3) is 0 Å². The van der Waals surface area contributed by atoms with Crippen LogP contribution in [0.2, 0.25) is 0 Å². The fraction of sp³-hybridized carbons (Fsp3) is 0.444. The first-order chi connectivity index (χ1) is 6.43. The Bertz CT molecular complexity index is 328. The van der Waals surface area contributed by atoms with E-state index < -0.39 is 0 Å². The first-order valence-corrected chi connectivity index (χ1v) is 4.51. The van der Waals surface area contributed by atoms with Crippen molar-refractivity contribution in [3.63, 3.8) is 0 Å². The molecule has 0 atom stereocenters. The van der Waals surface area contributed by atoms with Crippen LogP contribution in [-0.2, 0) is 5.41 Å². The number of carbonyl (C=O) groups is 1. The molecule has 0 aliphatic heterocycles. The van der Waals surface area contributed by atoms with Crippen LogP contribution >= 0.6 is 0 Å². The number of carbonyl (C=O) groups excluding carboxylic acids is 1. The zero-order valence-electron chi connectivity index (χ0n) is 8.97. The maximum absolute atomic E-state index is 11.0. The smallest absolute Gasteiger partial charge is 0.306 e. The molecule has 14 heavy (non-hydrogen) atoms. The predicted molar refractivity (Wildman–Crippen MR) is 58.1 cm³/mol. The number of amides is 2. The molecule has 0 unspecified atom stereocenters. The second-order valence-electron chi connectivity index (χ2n) is 4.15. The van der Waals surface area contributed by atoms with Crippen LogP contribution in [0.1, 0.15) is 26.5 Å². The Labute approximate surface area is 84.5 Å². The van der Waals surface area contributed by atoms with Crippen LogP contribution in [0.5, 0.6) is 0 Å². The number of hydrogen-bond acceptors (Lipinski definition) is 2. The Morgan fingerprint density at radius 3 is 2.57 bits per heavy atom. The van der Waals surface area contributed by atoms with E-state index in [0.717, 1.165) is 5.76 Å². The van der Waals surface area contributed by atoms with Gasteiger partial charge < -0.3 is 15.0 Å². The molecule has 0 aromatic carbocycles. The van der Waals surface area contributed by atoms with Crippen molar-refractivity contribution < 1.29 is 9.21 Å². The molecule has 0 spiro atoms. The van der Waals surface area contributed by atoms with Crippen molar-refractivity contribution in [1.82, 2.24) is 5.23 Å². The number of hydrogen-bond donors (Lipinski definition) is 2. The van der Waals surface area contributed by atoms with Gasteiger partial charge in [0.1, 0.15) is 12.0 Å². The highest BCUT2D eigenvalue weighted by Gasteiger charge is 2.18. The standard InChI is InChI=1S/C9H15BN2O2/c1-9(2,3)7-4-6(5-14-7)11-8(13)12-10/h4-5H,10H2,1-3H3,(H2,11,12,13). The summed E-state index contributed by atoms with van der Waals surface area (Å²) in [6.45, 7) is 6.15. The van der Waals surface area contributed by atoms with Gasteiger partial charge in [-0.15, -0.1) is 0 Å². The van der Waals surface area contributed by atoms with Crippen LogP contribution < -0.4 is 10.5 Å². The molecular weight excluding hydrogens is 179 g/mol. The van der Waals surface area contributed by atoms with Gasteiger partial charge in [-0.2, -0.15) is 0 Å². The van der Waals surface area contributed by atoms with Gasteiger partial charge in [-0.1, -0.05) is 20.8 Å². The summed E-state index contributed by atoms with van der Waals surface area (Å²) in [6, 6.07) is 1.58. The lowest BCUT2D eigenvalue weighted by Gasteiger charge is -2.13. The highest BCUT2D eigenvalue weighted by atomic mass is 16.3. The zero-order valence-corrected chi connectivity index (χ0v) is 8.97. The highest BCUT2D eigenvalue weighted by Crippen LogP contribution is 2.26. The van der Waals surface area contributed by atoms with Gasteiger partial charge in [0.2, 0.25) is 7.98 Å². The summed E-state index contributed by atoms with van der Waals surface area (Å²) in [5, 5.41) is 5.11. The molecular formula is C9H15BN2O2.